The first kappa shape index (κ1) is 214. The smallest absolute Gasteiger partial charge is 1.00 e. The molecule has 0 aliphatic rings. The monoisotopic (exact) mass is 390 g/mol. The van der Waals surface area contributed by atoms with Gasteiger partial charge in [-0.05, 0) is 0 Å². The van der Waals surface area contributed by atoms with Crippen molar-refractivity contribution in [3.8, 4) is 0 Å². The van der Waals surface area contributed by atoms with Gasteiger partial charge in [0.25, 0.3) is 0 Å². The molecule has 0 N–H and O–H groups in total. The topological polar surface area (TPSA) is 17.1 Å². The Balaban J connectivity index is -0.000000000238. The molecule has 0 spiro atoms. The van der Waals surface area contributed by atoms with Gasteiger partial charge in [-0.25, -0.2) is 0 Å². The molecule has 0 saturated carbocycles. The maximum absolute atomic E-state index is 8.06. The molecule has 0 aromatic rings. The molecule has 0 heterocycles. The Labute approximate surface area is 82.3 Å². The van der Waals surface area contributed by atoms with Crippen LogP contribution < -0.4 is 28.2 Å². The van der Waals surface area contributed by atoms with Gasteiger partial charge in [0, 0.05) is 0 Å². The molecule has 0 aliphatic heterocycles. The number of halogens is 6. The van der Waals surface area contributed by atoms with Crippen LogP contribution in [0.15, 0.2) is 0 Å². The molecule has 0 amide bonds. The summed E-state index contributed by atoms with van der Waals surface area (Å²) in [7, 11) is 1.72. The molecule has 0 fully saturated rings. The minimum absolute atomic E-state index is 0. The molecule has 0 unspecified atom stereocenters. The minimum Gasteiger partial charge on any atom is -1.00 e. The van der Waals surface area contributed by atoms with E-state index in [0.717, 1.165) is 0 Å². The Hall–Kier alpha value is 0.922. The van der Waals surface area contributed by atoms with E-state index in [9.17, 15) is 0 Å². The van der Waals surface area contributed by atoms with Gasteiger partial charge in [0.1, 0.15) is 0 Å². The van der Waals surface area contributed by atoms with Crippen LogP contribution in [-0.4, -0.2) is 10.1 Å². The molecule has 0 aliphatic carbocycles. The van der Waals surface area contributed by atoms with E-state index in [1.54, 1.807) is 10.1 Å². The second kappa shape index (κ2) is 659. The van der Waals surface area contributed by atoms with Crippen LogP contribution in [-0.2, 0) is 4.46 Å². The third-order valence-corrected chi connectivity index (χ3v) is 0. The average Bonchev–Trinajstić information content (AvgIpc) is 1.00. The van der Waals surface area contributed by atoms with Gasteiger partial charge in [0.15, 0.2) is 0 Å². The van der Waals surface area contributed by atoms with E-state index in [1.165, 1.54) is 0 Å². The van der Waals surface area contributed by atoms with Crippen LogP contribution in [0.3, 0.4) is 0 Å². The Kier molecular flexibility index (Phi) is 15700. The van der Waals surface area contributed by atoms with E-state index in [0.29, 0.717) is 0 Å². The molecule has 0 aromatic carbocycles. The molecule has 0 rings (SSSR count). The van der Waals surface area contributed by atoms with Crippen molar-refractivity contribution in [2.75, 3.05) is 0 Å². The standard InChI is InChI=1S/6FH.OSi.Th/c;;;;;;1-2;/h6*1H;;/q;;;;;;+2;+4/p-6. The zero-order valence-corrected chi connectivity index (χ0v) is 8.79. The fourth-order valence-corrected chi connectivity index (χ4v) is 0. The van der Waals surface area contributed by atoms with Crippen molar-refractivity contribution in [3.05, 3.63) is 0 Å². The molecule has 0 saturated heterocycles. The van der Waals surface area contributed by atoms with Crippen LogP contribution >= 0.6 is 0 Å². The van der Waals surface area contributed by atoms with Crippen molar-refractivity contribution < 1.29 is 72.6 Å². The van der Waals surface area contributed by atoms with Gasteiger partial charge in [-0.2, -0.15) is 0 Å². The maximum Gasteiger partial charge on any atom is 4.00 e. The van der Waals surface area contributed by atoms with Gasteiger partial charge in [-0.1, -0.05) is 0 Å². The molecular formula is F6OSiTh. The number of rotatable bonds is 0. The van der Waals surface area contributed by atoms with E-state index in [-0.39, 0.29) is 68.2 Å². The normalized spacial score (nSPS) is 0.667. The van der Waals surface area contributed by atoms with Crippen molar-refractivity contribution in [2.45, 2.75) is 0 Å². The summed E-state index contributed by atoms with van der Waals surface area (Å²) in [6.45, 7) is 0. The first-order valence-corrected chi connectivity index (χ1v) is 0.612. The molecule has 56 valence electrons. The van der Waals surface area contributed by atoms with Crippen molar-refractivity contribution in [2.24, 2.45) is 0 Å². The third-order valence-electron chi connectivity index (χ3n) is 0. The molecule has 1 nitrogen and oxygen atoms in total. The van der Waals surface area contributed by atoms with Crippen LogP contribution in [0, 0.1) is 39.9 Å². The summed E-state index contributed by atoms with van der Waals surface area (Å²) < 4.78 is 8.06. The van der Waals surface area contributed by atoms with E-state index in [1.807, 2.05) is 0 Å². The summed E-state index contributed by atoms with van der Waals surface area (Å²) >= 11 is 0. The van der Waals surface area contributed by atoms with Crippen molar-refractivity contribution in [3.63, 3.8) is 0 Å². The fraction of sp³-hybridized carbons (Fsp3) is 0. The SMILES string of the molecule is O=[Si+2].[F-].[F-].[F-].[F-].[F-].[F-].[Th+4]. The van der Waals surface area contributed by atoms with Crippen molar-refractivity contribution in [1.82, 2.24) is 0 Å². The average molecular weight is 390 g/mol. The van der Waals surface area contributed by atoms with Gasteiger partial charge in [0.2, 0.25) is 0 Å². The maximum atomic E-state index is 8.06. The van der Waals surface area contributed by atoms with Gasteiger partial charge < -0.3 is 28.2 Å². The zero-order valence-electron chi connectivity index (χ0n) is 3.68. The number of hydrogen-bond donors (Lipinski definition) is 0. The summed E-state index contributed by atoms with van der Waals surface area (Å²) in [6, 6.07) is 0. The van der Waals surface area contributed by atoms with Crippen LogP contribution in [0.4, 0.5) is 0 Å². The zero-order chi connectivity index (χ0) is 2.00. The van der Waals surface area contributed by atoms with E-state index in [4.69, 9.17) is 4.46 Å². The summed E-state index contributed by atoms with van der Waals surface area (Å²) in [5, 5.41) is 0. The summed E-state index contributed by atoms with van der Waals surface area (Å²) in [4.78, 5) is 0. The molecule has 0 radical (unpaired) electrons. The van der Waals surface area contributed by atoms with E-state index >= 15 is 0 Å². The van der Waals surface area contributed by atoms with Crippen LogP contribution in [0.2, 0.25) is 0 Å². The predicted molar refractivity (Wildman–Crippen MR) is 6.44 cm³/mol. The Morgan fingerprint density at radius 2 is 0.556 bits per heavy atom. The molecule has 0 atom stereocenters. The quantitative estimate of drug-likeness (QED) is 0.297. The third kappa shape index (κ3) is 503. The van der Waals surface area contributed by atoms with Crippen LogP contribution in [0.5, 0.6) is 0 Å². The first-order valence-electron chi connectivity index (χ1n) is 0.204. The fourth-order valence-electron chi connectivity index (χ4n) is 0. The summed E-state index contributed by atoms with van der Waals surface area (Å²) in [5.74, 6) is 0. The van der Waals surface area contributed by atoms with Gasteiger partial charge in [-0.15, -0.1) is 0 Å². The predicted octanol–water partition coefficient (Wildman–Crippen LogP) is -18.5. The van der Waals surface area contributed by atoms with Gasteiger partial charge >= 0.3 is 54.5 Å². The summed E-state index contributed by atoms with van der Waals surface area (Å²) in [6.07, 6.45) is 0. The minimum atomic E-state index is 0. The van der Waals surface area contributed by atoms with Gasteiger partial charge in [0.05, 0.1) is 0 Å². The first-order chi connectivity index (χ1) is 1.00. The van der Waals surface area contributed by atoms with Crippen LogP contribution in [0.1, 0.15) is 0 Å². The second-order valence-corrected chi connectivity index (χ2v) is 0. The molecule has 0 aromatic heterocycles. The Bertz CT molecular complexity index is 13.0. The van der Waals surface area contributed by atoms with Crippen LogP contribution in [0.25, 0.3) is 0 Å². The molecule has 0 bridgehead atoms. The molecule has 9 heavy (non-hydrogen) atoms. The Morgan fingerprint density at radius 1 is 0.556 bits per heavy atom. The molecule has 9 heteroatoms. The van der Waals surface area contributed by atoms with E-state index in [2.05, 4.69) is 0 Å². The van der Waals surface area contributed by atoms with Gasteiger partial charge in [-0.3, -0.25) is 0 Å². The van der Waals surface area contributed by atoms with Crippen molar-refractivity contribution >= 4 is 10.1 Å². The largest absolute Gasteiger partial charge is 4.00 e. The number of hydrogen-bond acceptors (Lipinski definition) is 1. The second-order valence-electron chi connectivity index (χ2n) is 0. The molecular weight excluding hydrogens is 390 g/mol. The van der Waals surface area contributed by atoms with E-state index < -0.39 is 0 Å². The Morgan fingerprint density at radius 3 is 0.556 bits per heavy atom. The summed E-state index contributed by atoms with van der Waals surface area (Å²) in [5.41, 5.74) is 0. The van der Waals surface area contributed by atoms with Crippen molar-refractivity contribution in [1.29, 1.82) is 0 Å².